The van der Waals surface area contributed by atoms with Crippen molar-refractivity contribution in [2.75, 3.05) is 20.3 Å². The molecule has 1 aliphatic heterocycles. The molecule has 130 valence electrons. The lowest BCUT2D eigenvalue weighted by molar-refractivity contribution is -0.0102. The molecule has 1 aliphatic carbocycles. The highest BCUT2D eigenvalue weighted by molar-refractivity contribution is 6.33. The number of fused-ring (bicyclic) bond motifs is 5. The van der Waals surface area contributed by atoms with Gasteiger partial charge in [0.15, 0.2) is 0 Å². The quantitative estimate of drug-likeness (QED) is 0.537. The number of pyridine rings is 1. The lowest BCUT2D eigenvalue weighted by atomic mass is 9.90. The fourth-order valence-electron chi connectivity index (χ4n) is 4.05. The maximum absolute atomic E-state index is 6.44. The van der Waals surface area contributed by atoms with Gasteiger partial charge in [-0.15, -0.1) is 0 Å². The first-order valence-electron chi connectivity index (χ1n) is 8.96. The third-order valence-electron chi connectivity index (χ3n) is 5.45. The van der Waals surface area contributed by atoms with Crippen molar-refractivity contribution in [1.82, 2.24) is 4.98 Å². The third-order valence-corrected chi connectivity index (χ3v) is 5.45. The minimum Gasteiger partial charge on any atom is -0.481 e. The van der Waals surface area contributed by atoms with Crippen molar-refractivity contribution >= 4 is 24.2 Å². The summed E-state index contributed by atoms with van der Waals surface area (Å²) in [6, 6.07) is 14.8. The van der Waals surface area contributed by atoms with Crippen LogP contribution < -0.4 is 10.2 Å². The van der Waals surface area contributed by atoms with Gasteiger partial charge in [-0.1, -0.05) is 41.9 Å². The Balaban J connectivity index is 1.84. The molecular weight excluding hydrogens is 325 g/mol. The minimum atomic E-state index is -0.603. The summed E-state index contributed by atoms with van der Waals surface area (Å²) in [6.07, 6.45) is 0.199. The van der Waals surface area contributed by atoms with Crippen LogP contribution in [0.25, 0.3) is 22.0 Å². The summed E-state index contributed by atoms with van der Waals surface area (Å²) in [7, 11) is 3.78. The number of aromatic nitrogens is 1. The molecule has 2 aromatic carbocycles. The van der Waals surface area contributed by atoms with Crippen molar-refractivity contribution in [2.45, 2.75) is 18.6 Å². The van der Waals surface area contributed by atoms with E-state index >= 15 is 0 Å². The average Bonchev–Trinajstić information content (AvgIpc) is 3.45. The maximum atomic E-state index is 6.44. The summed E-state index contributed by atoms with van der Waals surface area (Å²) in [5.41, 5.74) is 6.09. The lowest BCUT2D eigenvalue weighted by Crippen LogP contribution is -2.27. The Labute approximate surface area is 153 Å². The zero-order chi connectivity index (χ0) is 17.9. The van der Waals surface area contributed by atoms with Gasteiger partial charge >= 0.3 is 0 Å². The highest BCUT2D eigenvalue weighted by Gasteiger charge is 2.45. The Hall–Kier alpha value is -2.37. The van der Waals surface area contributed by atoms with E-state index < -0.39 is 5.60 Å². The number of epoxide rings is 1. The standard InChI is InChI=1S/C21H20BNO3/c1-21(26-11-13-10-25-13)16-6-4-3-5-14(16)18-15-9-12(22)7-8-17(15)23-20(24-2)19(18)21/h3-9,13H,10-11,22H2,1-2H3. The van der Waals surface area contributed by atoms with Crippen LogP contribution in [0.2, 0.25) is 0 Å². The number of methoxy groups -OCH3 is 1. The monoisotopic (exact) mass is 345 g/mol. The SMILES string of the molecule is Bc1ccc2nc(OC)c3c(c2c1)-c1ccccc1C3(C)OCC1CO1. The summed E-state index contributed by atoms with van der Waals surface area (Å²) in [6.45, 7) is 3.46. The maximum Gasteiger partial charge on any atom is 0.220 e. The molecule has 0 spiro atoms. The molecule has 1 saturated heterocycles. The third kappa shape index (κ3) is 2.21. The van der Waals surface area contributed by atoms with Gasteiger partial charge in [0.1, 0.15) is 19.6 Å². The molecule has 2 atom stereocenters. The molecule has 0 saturated carbocycles. The average molecular weight is 345 g/mol. The molecule has 1 aromatic heterocycles. The number of hydrogen-bond acceptors (Lipinski definition) is 4. The van der Waals surface area contributed by atoms with Crippen LogP contribution in [-0.4, -0.2) is 39.3 Å². The Bertz CT molecular complexity index is 1030. The molecule has 2 aliphatic rings. The molecule has 5 heteroatoms. The summed E-state index contributed by atoms with van der Waals surface area (Å²) in [5.74, 6) is 0.631. The molecule has 0 radical (unpaired) electrons. The van der Waals surface area contributed by atoms with Gasteiger partial charge in [-0.3, -0.25) is 0 Å². The first-order chi connectivity index (χ1) is 12.6. The second-order valence-electron chi connectivity index (χ2n) is 7.24. The summed E-state index contributed by atoms with van der Waals surface area (Å²) >= 11 is 0. The van der Waals surface area contributed by atoms with Crippen LogP contribution in [0.15, 0.2) is 42.5 Å². The van der Waals surface area contributed by atoms with Gasteiger partial charge in [-0.05, 0) is 24.1 Å². The van der Waals surface area contributed by atoms with Gasteiger partial charge in [0.2, 0.25) is 5.88 Å². The molecule has 0 N–H and O–H groups in total. The van der Waals surface area contributed by atoms with E-state index in [9.17, 15) is 0 Å². The van der Waals surface area contributed by atoms with E-state index in [1.165, 1.54) is 16.6 Å². The van der Waals surface area contributed by atoms with E-state index in [1.807, 2.05) is 0 Å². The van der Waals surface area contributed by atoms with Crippen molar-refractivity contribution in [3.63, 3.8) is 0 Å². The number of hydrogen-bond donors (Lipinski definition) is 0. The zero-order valence-corrected chi connectivity index (χ0v) is 15.2. The molecule has 1 fully saturated rings. The van der Waals surface area contributed by atoms with Gasteiger partial charge in [0.05, 0.1) is 31.4 Å². The van der Waals surface area contributed by atoms with Crippen molar-refractivity contribution in [3.8, 4) is 17.0 Å². The van der Waals surface area contributed by atoms with Crippen molar-refractivity contribution in [3.05, 3.63) is 53.6 Å². The van der Waals surface area contributed by atoms with Gasteiger partial charge in [0, 0.05) is 10.9 Å². The first kappa shape index (κ1) is 15.9. The second-order valence-corrected chi connectivity index (χ2v) is 7.24. The van der Waals surface area contributed by atoms with Gasteiger partial charge in [-0.25, -0.2) is 4.98 Å². The minimum absolute atomic E-state index is 0.199. The summed E-state index contributed by atoms with van der Waals surface area (Å²) in [4.78, 5) is 4.79. The van der Waals surface area contributed by atoms with Crippen LogP contribution in [0.4, 0.5) is 0 Å². The van der Waals surface area contributed by atoms with Crippen molar-refractivity contribution in [2.24, 2.45) is 0 Å². The predicted molar refractivity (Wildman–Crippen MR) is 104 cm³/mol. The molecule has 2 unspecified atom stereocenters. The Morgan fingerprint density at radius 3 is 2.85 bits per heavy atom. The first-order valence-corrected chi connectivity index (χ1v) is 8.96. The largest absolute Gasteiger partial charge is 0.481 e. The smallest absolute Gasteiger partial charge is 0.220 e. The number of ether oxygens (including phenoxy) is 3. The molecule has 3 aromatic rings. The van der Waals surface area contributed by atoms with E-state index in [1.54, 1.807) is 7.11 Å². The topological polar surface area (TPSA) is 43.9 Å². The molecular formula is C21H20BNO3. The van der Waals surface area contributed by atoms with Crippen molar-refractivity contribution in [1.29, 1.82) is 0 Å². The van der Waals surface area contributed by atoms with Gasteiger partial charge < -0.3 is 14.2 Å². The number of nitrogens with zero attached hydrogens (tertiary/aromatic N) is 1. The fourth-order valence-corrected chi connectivity index (χ4v) is 4.05. The van der Waals surface area contributed by atoms with Crippen LogP contribution in [-0.2, 0) is 15.1 Å². The summed E-state index contributed by atoms with van der Waals surface area (Å²) in [5, 5.41) is 1.14. The van der Waals surface area contributed by atoms with Crippen LogP contribution in [0.5, 0.6) is 5.88 Å². The fraction of sp³-hybridized carbons (Fsp3) is 0.286. The van der Waals surface area contributed by atoms with Crippen LogP contribution in [0.3, 0.4) is 0 Å². The Kier molecular flexibility index (Phi) is 3.39. The van der Waals surface area contributed by atoms with Crippen LogP contribution >= 0.6 is 0 Å². The molecule has 2 heterocycles. The normalized spacial score (nSPS) is 22.9. The van der Waals surface area contributed by atoms with Crippen LogP contribution in [0, 0.1) is 0 Å². The molecule has 26 heavy (non-hydrogen) atoms. The second kappa shape index (κ2) is 5.56. The molecule has 4 nitrogen and oxygen atoms in total. The number of benzene rings is 2. The number of rotatable bonds is 4. The predicted octanol–water partition coefficient (Wildman–Crippen LogP) is 2.16. The zero-order valence-electron chi connectivity index (χ0n) is 15.2. The van der Waals surface area contributed by atoms with E-state index in [0.29, 0.717) is 12.5 Å². The van der Waals surface area contributed by atoms with Gasteiger partial charge in [-0.2, -0.15) is 0 Å². The van der Waals surface area contributed by atoms with E-state index in [0.717, 1.165) is 28.6 Å². The summed E-state index contributed by atoms with van der Waals surface area (Å²) < 4.78 is 17.5. The lowest BCUT2D eigenvalue weighted by Gasteiger charge is -2.28. The van der Waals surface area contributed by atoms with Crippen LogP contribution in [0.1, 0.15) is 18.1 Å². The van der Waals surface area contributed by atoms with E-state index in [2.05, 4.69) is 57.2 Å². The Morgan fingerprint density at radius 2 is 2.08 bits per heavy atom. The highest BCUT2D eigenvalue weighted by Crippen LogP contribution is 2.54. The molecule has 0 bridgehead atoms. The molecule has 5 rings (SSSR count). The Morgan fingerprint density at radius 1 is 1.27 bits per heavy atom. The van der Waals surface area contributed by atoms with Crippen molar-refractivity contribution < 1.29 is 14.2 Å². The van der Waals surface area contributed by atoms with E-state index in [4.69, 9.17) is 19.2 Å². The molecule has 0 amide bonds. The van der Waals surface area contributed by atoms with E-state index in [-0.39, 0.29) is 6.10 Å². The highest BCUT2D eigenvalue weighted by atomic mass is 16.6. The van der Waals surface area contributed by atoms with Gasteiger partial charge in [0.25, 0.3) is 0 Å².